The number of carboxylic acids is 1. The van der Waals surface area contributed by atoms with E-state index in [1.165, 1.54) is 6.33 Å². The highest BCUT2D eigenvalue weighted by Crippen LogP contribution is 2.07. The number of aromatic nitrogens is 2. The second-order valence-electron chi connectivity index (χ2n) is 3.45. The van der Waals surface area contributed by atoms with Crippen LogP contribution in [0.2, 0.25) is 0 Å². The maximum absolute atomic E-state index is 10.7. The summed E-state index contributed by atoms with van der Waals surface area (Å²) in [4.78, 5) is 18.5. The molecule has 5 heteroatoms. The number of nitrogens with one attached hydrogen (secondary N) is 1. The minimum Gasteiger partial charge on any atom is -0.478 e. The van der Waals surface area contributed by atoms with Gasteiger partial charge in [-0.15, -0.1) is 0 Å². The van der Waals surface area contributed by atoms with Crippen LogP contribution in [0.15, 0.2) is 42.9 Å². The van der Waals surface area contributed by atoms with Crippen molar-refractivity contribution >= 4 is 11.8 Å². The maximum Gasteiger partial charge on any atom is 0.335 e. The summed E-state index contributed by atoms with van der Waals surface area (Å²) < 4.78 is 0. The molecule has 1 heterocycles. The van der Waals surface area contributed by atoms with E-state index in [1.807, 2.05) is 0 Å². The highest BCUT2D eigenvalue weighted by molar-refractivity contribution is 5.87. The summed E-state index contributed by atoms with van der Waals surface area (Å²) in [5.41, 5.74) is 1.28. The van der Waals surface area contributed by atoms with E-state index in [0.717, 1.165) is 11.4 Å². The molecule has 5 nitrogen and oxygen atoms in total. The average Bonchev–Trinajstić information content (AvgIpc) is 2.38. The maximum atomic E-state index is 10.7. The van der Waals surface area contributed by atoms with Gasteiger partial charge in [0.05, 0.1) is 5.56 Å². The fourth-order valence-electron chi connectivity index (χ4n) is 1.35. The Morgan fingerprint density at radius 1 is 1.24 bits per heavy atom. The zero-order valence-electron chi connectivity index (χ0n) is 9.00. The summed E-state index contributed by atoms with van der Waals surface area (Å²) in [5, 5.41) is 11.9. The van der Waals surface area contributed by atoms with Crippen molar-refractivity contribution in [2.75, 3.05) is 5.32 Å². The predicted molar refractivity (Wildman–Crippen MR) is 62.8 cm³/mol. The van der Waals surface area contributed by atoms with Gasteiger partial charge in [-0.25, -0.2) is 14.8 Å². The Balaban J connectivity index is 1.98. The molecule has 0 saturated carbocycles. The van der Waals surface area contributed by atoms with Crippen molar-refractivity contribution in [1.82, 2.24) is 9.97 Å². The molecule has 0 unspecified atom stereocenters. The van der Waals surface area contributed by atoms with Gasteiger partial charge in [0.1, 0.15) is 12.1 Å². The Bertz CT molecular complexity index is 497. The molecule has 2 N–H and O–H groups in total. The average molecular weight is 229 g/mol. The quantitative estimate of drug-likeness (QED) is 0.835. The first-order valence-electron chi connectivity index (χ1n) is 5.08. The molecule has 0 saturated heterocycles. The van der Waals surface area contributed by atoms with Gasteiger partial charge < -0.3 is 10.4 Å². The van der Waals surface area contributed by atoms with Crippen LogP contribution in [0, 0.1) is 0 Å². The van der Waals surface area contributed by atoms with Crippen LogP contribution >= 0.6 is 0 Å². The number of carboxylic acid groups (broad SMARTS) is 1. The fraction of sp³-hybridized carbons (Fsp3) is 0.0833. The molecule has 0 spiro atoms. The third-order valence-corrected chi connectivity index (χ3v) is 2.26. The lowest BCUT2D eigenvalue weighted by Gasteiger charge is -2.05. The first-order chi connectivity index (χ1) is 8.25. The van der Waals surface area contributed by atoms with Crippen molar-refractivity contribution in [2.45, 2.75) is 6.54 Å². The predicted octanol–water partition coefficient (Wildman–Crippen LogP) is 1.79. The third kappa shape index (κ3) is 3.01. The monoisotopic (exact) mass is 229 g/mol. The SMILES string of the molecule is O=C(O)c1ccc(CNc2ccncn2)cc1. The summed E-state index contributed by atoms with van der Waals surface area (Å²) in [6.07, 6.45) is 3.12. The number of hydrogen-bond donors (Lipinski definition) is 2. The van der Waals surface area contributed by atoms with Crippen LogP contribution in [0.1, 0.15) is 15.9 Å². The van der Waals surface area contributed by atoms with Gasteiger partial charge in [0, 0.05) is 12.7 Å². The normalized spacial score (nSPS) is 9.88. The smallest absolute Gasteiger partial charge is 0.335 e. The van der Waals surface area contributed by atoms with Crippen LogP contribution < -0.4 is 5.32 Å². The molecule has 0 aliphatic rings. The molecular weight excluding hydrogens is 218 g/mol. The molecule has 1 aromatic heterocycles. The Morgan fingerprint density at radius 2 is 2.00 bits per heavy atom. The summed E-state index contributed by atoms with van der Waals surface area (Å²) in [7, 11) is 0. The number of carbonyl (C=O) groups is 1. The highest BCUT2D eigenvalue weighted by Gasteiger charge is 2.01. The van der Waals surface area contributed by atoms with Gasteiger partial charge in [0.2, 0.25) is 0 Å². The largest absolute Gasteiger partial charge is 0.478 e. The molecule has 0 bridgehead atoms. The molecular formula is C12H11N3O2. The van der Waals surface area contributed by atoms with Crippen LogP contribution in [0.3, 0.4) is 0 Å². The minimum atomic E-state index is -0.916. The van der Waals surface area contributed by atoms with E-state index in [0.29, 0.717) is 6.54 Å². The summed E-state index contributed by atoms with van der Waals surface area (Å²) in [6.45, 7) is 0.594. The third-order valence-electron chi connectivity index (χ3n) is 2.26. The molecule has 0 aliphatic heterocycles. The Hall–Kier alpha value is -2.43. The van der Waals surface area contributed by atoms with Crippen molar-refractivity contribution in [3.8, 4) is 0 Å². The van der Waals surface area contributed by atoms with Gasteiger partial charge in [0.25, 0.3) is 0 Å². The number of benzene rings is 1. The van der Waals surface area contributed by atoms with E-state index in [-0.39, 0.29) is 5.56 Å². The van der Waals surface area contributed by atoms with Crippen LogP contribution in [-0.4, -0.2) is 21.0 Å². The van der Waals surface area contributed by atoms with Gasteiger partial charge >= 0.3 is 5.97 Å². The van der Waals surface area contributed by atoms with Crippen molar-refractivity contribution in [1.29, 1.82) is 0 Å². The van der Waals surface area contributed by atoms with E-state index in [2.05, 4.69) is 15.3 Å². The van der Waals surface area contributed by atoms with Crippen LogP contribution in [0.5, 0.6) is 0 Å². The number of rotatable bonds is 4. The summed E-state index contributed by atoms with van der Waals surface area (Å²) in [5.74, 6) is -0.178. The molecule has 1 aromatic carbocycles. The van der Waals surface area contributed by atoms with Crippen molar-refractivity contribution in [2.24, 2.45) is 0 Å². The molecule has 2 aromatic rings. The topological polar surface area (TPSA) is 75.1 Å². The second-order valence-corrected chi connectivity index (χ2v) is 3.45. The van der Waals surface area contributed by atoms with Crippen molar-refractivity contribution in [3.63, 3.8) is 0 Å². The van der Waals surface area contributed by atoms with Crippen LogP contribution in [0.4, 0.5) is 5.82 Å². The molecule has 0 amide bonds. The summed E-state index contributed by atoms with van der Waals surface area (Å²) in [6, 6.07) is 8.49. The molecule has 17 heavy (non-hydrogen) atoms. The zero-order chi connectivity index (χ0) is 12.1. The van der Waals surface area contributed by atoms with Gasteiger partial charge in [-0.05, 0) is 23.8 Å². The lowest BCUT2D eigenvalue weighted by Crippen LogP contribution is -2.02. The lowest BCUT2D eigenvalue weighted by atomic mass is 10.1. The molecule has 0 aliphatic carbocycles. The first kappa shape index (κ1) is 11.1. The standard InChI is InChI=1S/C12H11N3O2/c16-12(17)10-3-1-9(2-4-10)7-14-11-5-6-13-8-15-11/h1-6,8H,7H2,(H,16,17)(H,13,14,15). The first-order valence-corrected chi connectivity index (χ1v) is 5.08. The van der Waals surface area contributed by atoms with E-state index < -0.39 is 5.97 Å². The fourth-order valence-corrected chi connectivity index (χ4v) is 1.35. The molecule has 0 fully saturated rings. The van der Waals surface area contributed by atoms with Crippen molar-refractivity contribution < 1.29 is 9.90 Å². The Labute approximate surface area is 98.2 Å². The molecule has 2 rings (SSSR count). The highest BCUT2D eigenvalue weighted by atomic mass is 16.4. The van der Waals surface area contributed by atoms with Gasteiger partial charge in [-0.1, -0.05) is 12.1 Å². The lowest BCUT2D eigenvalue weighted by molar-refractivity contribution is 0.0697. The minimum absolute atomic E-state index is 0.288. The van der Waals surface area contributed by atoms with E-state index in [4.69, 9.17) is 5.11 Å². The number of aromatic carboxylic acids is 1. The number of nitrogens with zero attached hydrogens (tertiary/aromatic N) is 2. The molecule has 0 atom stereocenters. The van der Waals surface area contributed by atoms with E-state index >= 15 is 0 Å². The molecule has 0 radical (unpaired) electrons. The van der Waals surface area contributed by atoms with Gasteiger partial charge in [-0.3, -0.25) is 0 Å². The van der Waals surface area contributed by atoms with Crippen LogP contribution in [-0.2, 0) is 6.54 Å². The molecule has 86 valence electrons. The number of hydrogen-bond acceptors (Lipinski definition) is 4. The van der Waals surface area contributed by atoms with Gasteiger partial charge in [-0.2, -0.15) is 0 Å². The van der Waals surface area contributed by atoms with Crippen LogP contribution in [0.25, 0.3) is 0 Å². The Kier molecular flexibility index (Phi) is 3.30. The zero-order valence-corrected chi connectivity index (χ0v) is 9.00. The van der Waals surface area contributed by atoms with Crippen molar-refractivity contribution in [3.05, 3.63) is 54.0 Å². The van der Waals surface area contributed by atoms with Gasteiger partial charge in [0.15, 0.2) is 0 Å². The Morgan fingerprint density at radius 3 is 2.59 bits per heavy atom. The summed E-state index contributed by atoms with van der Waals surface area (Å²) >= 11 is 0. The van der Waals surface area contributed by atoms with E-state index in [9.17, 15) is 4.79 Å². The number of anilines is 1. The van der Waals surface area contributed by atoms with E-state index in [1.54, 1.807) is 36.5 Å². The second kappa shape index (κ2) is 5.07.